The van der Waals surface area contributed by atoms with Crippen LogP contribution in [0.15, 0.2) is 64.8 Å². The van der Waals surface area contributed by atoms with E-state index in [2.05, 4.69) is 15.5 Å². The Kier molecular flexibility index (Phi) is 7.04. The van der Waals surface area contributed by atoms with Crippen LogP contribution >= 0.6 is 0 Å². The van der Waals surface area contributed by atoms with Crippen molar-refractivity contribution in [2.24, 2.45) is 0 Å². The van der Waals surface area contributed by atoms with Crippen molar-refractivity contribution in [2.75, 3.05) is 26.9 Å². The minimum atomic E-state index is -0.397. The highest BCUT2D eigenvalue weighted by atomic mass is 16.5. The van der Waals surface area contributed by atoms with Crippen LogP contribution in [-0.4, -0.2) is 47.9 Å². The third-order valence-corrected chi connectivity index (χ3v) is 5.61. The fraction of sp³-hybridized carbons (Fsp3) is 0.320. The fourth-order valence-electron chi connectivity index (χ4n) is 3.88. The quantitative estimate of drug-likeness (QED) is 0.479. The lowest BCUT2D eigenvalue weighted by molar-refractivity contribution is 0.136. The molecule has 0 bridgehead atoms. The van der Waals surface area contributed by atoms with Crippen molar-refractivity contribution < 1.29 is 18.8 Å². The zero-order valence-corrected chi connectivity index (χ0v) is 19.1. The third-order valence-electron chi connectivity index (χ3n) is 5.61. The maximum atomic E-state index is 13.0. The van der Waals surface area contributed by atoms with Gasteiger partial charge in [-0.05, 0) is 50.1 Å². The number of allylic oxidation sites excluding steroid dienone is 1. The molecule has 0 radical (unpaired) electrons. The van der Waals surface area contributed by atoms with Gasteiger partial charge in [-0.15, -0.1) is 0 Å². The van der Waals surface area contributed by atoms with E-state index in [4.69, 9.17) is 14.0 Å². The van der Waals surface area contributed by atoms with Crippen molar-refractivity contribution in [1.82, 2.24) is 20.4 Å². The fourth-order valence-corrected chi connectivity index (χ4v) is 3.88. The van der Waals surface area contributed by atoms with Crippen LogP contribution in [0, 0.1) is 0 Å². The molecule has 4 rings (SSSR count). The highest BCUT2D eigenvalue weighted by Crippen LogP contribution is 2.37. The SMILES string of the molecule is CCOCCCN1C(=O)NC(c2ccccc2)C(c2nc(-c3ccc(OC)cc3)no2)=C1C. The number of hydrogen-bond acceptors (Lipinski definition) is 6. The summed E-state index contributed by atoms with van der Waals surface area (Å²) in [5.41, 5.74) is 3.32. The van der Waals surface area contributed by atoms with E-state index in [0.717, 1.165) is 34.6 Å². The number of methoxy groups -OCH3 is 1. The first kappa shape index (κ1) is 22.5. The number of carbonyl (C=O) groups excluding carboxylic acids is 1. The van der Waals surface area contributed by atoms with Crippen molar-refractivity contribution in [3.05, 3.63) is 71.7 Å². The van der Waals surface area contributed by atoms with Crippen LogP contribution < -0.4 is 10.1 Å². The molecule has 8 nitrogen and oxygen atoms in total. The van der Waals surface area contributed by atoms with E-state index in [1.165, 1.54) is 0 Å². The van der Waals surface area contributed by atoms with Crippen LogP contribution in [0.2, 0.25) is 0 Å². The Labute approximate surface area is 193 Å². The number of aromatic nitrogens is 2. The molecule has 0 aliphatic carbocycles. The molecule has 2 amide bonds. The monoisotopic (exact) mass is 448 g/mol. The number of benzene rings is 2. The van der Waals surface area contributed by atoms with Gasteiger partial charge in [0.1, 0.15) is 5.75 Å². The number of nitrogens with zero attached hydrogens (tertiary/aromatic N) is 3. The number of carbonyl (C=O) groups is 1. The second-order valence-electron chi connectivity index (χ2n) is 7.65. The van der Waals surface area contributed by atoms with Crippen LogP contribution in [-0.2, 0) is 4.74 Å². The number of nitrogens with one attached hydrogen (secondary N) is 1. The standard InChI is InChI=1S/C25H28N4O4/c1-4-32-16-8-15-29-17(2)21(22(26-25(29)30)18-9-6-5-7-10-18)24-27-23(28-33-24)19-11-13-20(31-3)14-12-19/h5-7,9-14,22H,4,8,15-16H2,1-3H3,(H,26,30). The smallest absolute Gasteiger partial charge is 0.322 e. The van der Waals surface area contributed by atoms with E-state index in [0.29, 0.717) is 31.5 Å². The zero-order chi connectivity index (χ0) is 23.2. The van der Waals surface area contributed by atoms with Crippen LogP contribution in [0.1, 0.15) is 37.8 Å². The van der Waals surface area contributed by atoms with Crippen LogP contribution in [0.25, 0.3) is 17.0 Å². The summed E-state index contributed by atoms with van der Waals surface area (Å²) in [5.74, 6) is 1.60. The van der Waals surface area contributed by atoms with Gasteiger partial charge in [0, 0.05) is 31.0 Å². The van der Waals surface area contributed by atoms with Crippen molar-refractivity contribution in [3.8, 4) is 17.1 Å². The van der Waals surface area contributed by atoms with Gasteiger partial charge in [0.2, 0.25) is 5.82 Å². The van der Waals surface area contributed by atoms with Crippen molar-refractivity contribution in [1.29, 1.82) is 0 Å². The summed E-state index contributed by atoms with van der Waals surface area (Å²) in [6.45, 7) is 5.65. The normalized spacial score (nSPS) is 16.2. The molecule has 3 aromatic rings. The Balaban J connectivity index is 1.70. The van der Waals surface area contributed by atoms with Gasteiger partial charge in [0.15, 0.2) is 0 Å². The average Bonchev–Trinajstić information content (AvgIpc) is 3.33. The average molecular weight is 449 g/mol. The lowest BCUT2D eigenvalue weighted by Crippen LogP contribution is -2.46. The maximum Gasteiger partial charge on any atom is 0.322 e. The minimum Gasteiger partial charge on any atom is -0.497 e. The molecule has 0 spiro atoms. The first-order valence-corrected chi connectivity index (χ1v) is 11.0. The lowest BCUT2D eigenvalue weighted by Gasteiger charge is -2.35. The lowest BCUT2D eigenvalue weighted by atomic mass is 9.94. The summed E-state index contributed by atoms with van der Waals surface area (Å²) in [7, 11) is 1.62. The van der Waals surface area contributed by atoms with Crippen molar-refractivity contribution >= 4 is 11.6 Å². The summed E-state index contributed by atoms with van der Waals surface area (Å²) in [6.07, 6.45) is 0.725. The second-order valence-corrected chi connectivity index (χ2v) is 7.65. The minimum absolute atomic E-state index is 0.156. The van der Waals surface area contributed by atoms with Gasteiger partial charge >= 0.3 is 6.03 Å². The first-order valence-electron chi connectivity index (χ1n) is 11.0. The Hall–Kier alpha value is -3.65. The molecule has 8 heteroatoms. The van der Waals surface area contributed by atoms with Crippen LogP contribution in [0.3, 0.4) is 0 Å². The number of urea groups is 1. The van der Waals surface area contributed by atoms with Crippen LogP contribution in [0.5, 0.6) is 5.75 Å². The molecule has 33 heavy (non-hydrogen) atoms. The summed E-state index contributed by atoms with van der Waals surface area (Å²) >= 11 is 0. The molecule has 0 fully saturated rings. The first-order chi connectivity index (χ1) is 16.1. The van der Waals surface area contributed by atoms with Gasteiger partial charge < -0.3 is 19.3 Å². The van der Waals surface area contributed by atoms with Gasteiger partial charge in [0.25, 0.3) is 5.89 Å². The molecule has 1 aliphatic rings. The van der Waals surface area contributed by atoms with E-state index in [-0.39, 0.29) is 6.03 Å². The number of amides is 2. The van der Waals surface area contributed by atoms with E-state index >= 15 is 0 Å². The molecule has 172 valence electrons. The second kappa shape index (κ2) is 10.3. The molecular formula is C25H28N4O4. The van der Waals surface area contributed by atoms with Crippen molar-refractivity contribution in [2.45, 2.75) is 26.3 Å². The van der Waals surface area contributed by atoms with Gasteiger partial charge in [-0.3, -0.25) is 4.90 Å². The van der Waals surface area contributed by atoms with Gasteiger partial charge in [-0.1, -0.05) is 35.5 Å². The summed E-state index contributed by atoms with van der Waals surface area (Å²) in [6, 6.07) is 16.7. The number of hydrogen-bond donors (Lipinski definition) is 1. The maximum absolute atomic E-state index is 13.0. The van der Waals surface area contributed by atoms with E-state index in [1.807, 2.05) is 68.4 Å². The van der Waals surface area contributed by atoms with E-state index in [9.17, 15) is 4.79 Å². The summed E-state index contributed by atoms with van der Waals surface area (Å²) in [5, 5.41) is 7.31. The van der Waals surface area contributed by atoms with E-state index < -0.39 is 6.04 Å². The molecule has 1 N–H and O–H groups in total. The molecule has 1 aromatic heterocycles. The van der Waals surface area contributed by atoms with Crippen LogP contribution in [0.4, 0.5) is 4.79 Å². The molecule has 1 atom stereocenters. The highest BCUT2D eigenvalue weighted by molar-refractivity contribution is 5.86. The molecule has 1 aliphatic heterocycles. The topological polar surface area (TPSA) is 89.7 Å². The van der Waals surface area contributed by atoms with Gasteiger partial charge in [-0.2, -0.15) is 4.98 Å². The van der Waals surface area contributed by atoms with Gasteiger partial charge in [0.05, 0.1) is 18.7 Å². The Bertz CT molecular complexity index is 1110. The number of rotatable bonds is 9. The Morgan fingerprint density at radius 2 is 1.88 bits per heavy atom. The molecule has 1 unspecified atom stereocenters. The number of ether oxygens (including phenoxy) is 2. The largest absolute Gasteiger partial charge is 0.497 e. The third kappa shape index (κ3) is 4.90. The molecule has 0 saturated carbocycles. The predicted octanol–water partition coefficient (Wildman–Crippen LogP) is 4.67. The van der Waals surface area contributed by atoms with Gasteiger partial charge in [-0.25, -0.2) is 4.79 Å². The summed E-state index contributed by atoms with van der Waals surface area (Å²) < 4.78 is 16.4. The predicted molar refractivity (Wildman–Crippen MR) is 124 cm³/mol. The Morgan fingerprint density at radius 1 is 1.12 bits per heavy atom. The Morgan fingerprint density at radius 3 is 2.58 bits per heavy atom. The zero-order valence-electron chi connectivity index (χ0n) is 19.1. The molecule has 2 aromatic carbocycles. The molecule has 0 saturated heterocycles. The molecule has 2 heterocycles. The van der Waals surface area contributed by atoms with E-state index in [1.54, 1.807) is 12.0 Å². The van der Waals surface area contributed by atoms with Crippen molar-refractivity contribution in [3.63, 3.8) is 0 Å². The summed E-state index contributed by atoms with van der Waals surface area (Å²) in [4.78, 5) is 19.4. The highest BCUT2D eigenvalue weighted by Gasteiger charge is 2.35. The molecular weight excluding hydrogens is 420 g/mol.